The van der Waals surface area contributed by atoms with Crippen molar-refractivity contribution in [2.24, 2.45) is 11.8 Å². The van der Waals surface area contributed by atoms with Crippen LogP contribution in [0.1, 0.15) is 53.4 Å². The van der Waals surface area contributed by atoms with E-state index < -0.39 is 6.10 Å². The maximum absolute atomic E-state index is 11.7. The minimum absolute atomic E-state index is 0.00862. The van der Waals surface area contributed by atoms with Crippen LogP contribution < -0.4 is 0 Å². The molecule has 3 unspecified atom stereocenters. The minimum atomic E-state index is -0.753. The van der Waals surface area contributed by atoms with Gasteiger partial charge in [0, 0.05) is 5.92 Å². The fourth-order valence-corrected chi connectivity index (χ4v) is 1.76. The lowest BCUT2D eigenvalue weighted by molar-refractivity contribution is -0.133. The van der Waals surface area contributed by atoms with Crippen LogP contribution in [0.3, 0.4) is 0 Å². The second kappa shape index (κ2) is 6.99. The number of aliphatic hydroxyl groups is 1. The molecule has 0 aliphatic carbocycles. The predicted molar refractivity (Wildman–Crippen MR) is 59.2 cm³/mol. The monoisotopic (exact) mass is 200 g/mol. The number of rotatable bonds is 7. The summed E-state index contributed by atoms with van der Waals surface area (Å²) >= 11 is 0. The summed E-state index contributed by atoms with van der Waals surface area (Å²) in [5, 5.41) is 9.76. The molecule has 0 aromatic carbocycles. The summed E-state index contributed by atoms with van der Waals surface area (Å²) in [6, 6.07) is 0. The lowest BCUT2D eigenvalue weighted by atomic mass is 9.89. The Labute approximate surface area is 87.7 Å². The molecular weight excluding hydrogens is 176 g/mol. The van der Waals surface area contributed by atoms with E-state index in [1.54, 1.807) is 0 Å². The molecule has 0 aromatic heterocycles. The fraction of sp³-hybridized carbons (Fsp3) is 0.917. The number of aliphatic hydroxyl groups excluding tert-OH is 1. The lowest BCUT2D eigenvalue weighted by Crippen LogP contribution is -2.32. The van der Waals surface area contributed by atoms with Crippen molar-refractivity contribution in [3.05, 3.63) is 0 Å². The summed E-state index contributed by atoms with van der Waals surface area (Å²) < 4.78 is 0. The average Bonchev–Trinajstić information content (AvgIpc) is 2.16. The van der Waals surface area contributed by atoms with Crippen LogP contribution in [0.25, 0.3) is 0 Å². The molecule has 1 N–H and O–H groups in total. The summed E-state index contributed by atoms with van der Waals surface area (Å²) in [6.07, 6.45) is 3.08. The van der Waals surface area contributed by atoms with Crippen molar-refractivity contribution in [2.45, 2.75) is 59.5 Å². The van der Waals surface area contributed by atoms with Gasteiger partial charge in [-0.3, -0.25) is 4.79 Å². The van der Waals surface area contributed by atoms with Gasteiger partial charge in [0.15, 0.2) is 5.78 Å². The normalized spacial score (nSPS) is 17.5. The van der Waals surface area contributed by atoms with Crippen molar-refractivity contribution in [1.29, 1.82) is 0 Å². The first-order valence-electron chi connectivity index (χ1n) is 5.76. The molecule has 0 fully saturated rings. The Morgan fingerprint density at radius 3 is 2.07 bits per heavy atom. The van der Waals surface area contributed by atoms with E-state index in [0.717, 1.165) is 25.7 Å². The van der Waals surface area contributed by atoms with Crippen molar-refractivity contribution in [3.63, 3.8) is 0 Å². The molecule has 0 bridgehead atoms. The Kier molecular flexibility index (Phi) is 6.81. The first-order valence-corrected chi connectivity index (χ1v) is 5.76. The molecule has 3 atom stereocenters. The number of hydrogen-bond acceptors (Lipinski definition) is 2. The largest absolute Gasteiger partial charge is 0.385 e. The second-order valence-electron chi connectivity index (χ2n) is 4.30. The van der Waals surface area contributed by atoms with E-state index in [1.165, 1.54) is 0 Å². The van der Waals surface area contributed by atoms with Gasteiger partial charge in [0.05, 0.1) is 0 Å². The van der Waals surface area contributed by atoms with Crippen LogP contribution >= 0.6 is 0 Å². The number of ketones is 1. The van der Waals surface area contributed by atoms with Crippen molar-refractivity contribution in [3.8, 4) is 0 Å². The summed E-state index contributed by atoms with van der Waals surface area (Å²) in [5.74, 6) is 0.133. The van der Waals surface area contributed by atoms with E-state index in [0.29, 0.717) is 0 Å². The van der Waals surface area contributed by atoms with Crippen LogP contribution in [0.5, 0.6) is 0 Å². The van der Waals surface area contributed by atoms with E-state index in [2.05, 4.69) is 13.8 Å². The SMILES string of the molecule is CCCC(C)C(=O)C(O)C(C)CCC. The lowest BCUT2D eigenvalue weighted by Gasteiger charge is -2.20. The van der Waals surface area contributed by atoms with Gasteiger partial charge in [-0.25, -0.2) is 0 Å². The molecule has 0 saturated heterocycles. The molecule has 0 aliphatic heterocycles. The van der Waals surface area contributed by atoms with Gasteiger partial charge < -0.3 is 5.11 Å². The van der Waals surface area contributed by atoms with Crippen molar-refractivity contribution in [2.75, 3.05) is 0 Å². The molecule has 2 heteroatoms. The molecular formula is C12H24O2. The van der Waals surface area contributed by atoms with Crippen molar-refractivity contribution in [1.82, 2.24) is 0 Å². The third-order valence-corrected chi connectivity index (χ3v) is 2.78. The highest BCUT2D eigenvalue weighted by molar-refractivity contribution is 5.85. The van der Waals surface area contributed by atoms with Crippen molar-refractivity contribution >= 4 is 5.78 Å². The first kappa shape index (κ1) is 13.6. The Balaban J connectivity index is 4.09. The van der Waals surface area contributed by atoms with Crippen LogP contribution in [0.15, 0.2) is 0 Å². The second-order valence-corrected chi connectivity index (χ2v) is 4.30. The molecule has 0 saturated carbocycles. The van der Waals surface area contributed by atoms with Crippen LogP contribution in [-0.4, -0.2) is 17.0 Å². The molecule has 0 radical (unpaired) electrons. The summed E-state index contributed by atoms with van der Waals surface area (Å²) in [7, 11) is 0. The smallest absolute Gasteiger partial charge is 0.164 e. The highest BCUT2D eigenvalue weighted by Crippen LogP contribution is 2.17. The number of carbonyl (C=O) groups is 1. The molecule has 0 heterocycles. The third kappa shape index (κ3) is 4.23. The standard InChI is InChI=1S/C12H24O2/c1-5-7-9(3)11(13)12(14)10(4)8-6-2/h9-11,13H,5-8H2,1-4H3. The molecule has 0 rings (SSSR count). The fourth-order valence-electron chi connectivity index (χ4n) is 1.76. The highest BCUT2D eigenvalue weighted by Gasteiger charge is 2.25. The average molecular weight is 200 g/mol. The van der Waals surface area contributed by atoms with Gasteiger partial charge in [-0.05, 0) is 18.8 Å². The van der Waals surface area contributed by atoms with Crippen LogP contribution in [-0.2, 0) is 4.79 Å². The van der Waals surface area contributed by atoms with Gasteiger partial charge >= 0.3 is 0 Å². The molecule has 0 amide bonds. The summed E-state index contributed by atoms with van der Waals surface area (Å²) in [6.45, 7) is 7.99. The topological polar surface area (TPSA) is 37.3 Å². The molecule has 2 nitrogen and oxygen atoms in total. The Morgan fingerprint density at radius 1 is 1.14 bits per heavy atom. The van der Waals surface area contributed by atoms with Gasteiger partial charge in [0.1, 0.15) is 6.10 Å². The van der Waals surface area contributed by atoms with Crippen LogP contribution in [0.2, 0.25) is 0 Å². The van der Waals surface area contributed by atoms with E-state index >= 15 is 0 Å². The minimum Gasteiger partial charge on any atom is -0.385 e. The molecule has 84 valence electrons. The maximum Gasteiger partial charge on any atom is 0.164 e. The van der Waals surface area contributed by atoms with E-state index in [1.807, 2.05) is 13.8 Å². The summed E-state index contributed by atoms with van der Waals surface area (Å²) in [4.78, 5) is 11.7. The molecule has 14 heavy (non-hydrogen) atoms. The van der Waals surface area contributed by atoms with Gasteiger partial charge in [-0.15, -0.1) is 0 Å². The molecule has 0 aromatic rings. The zero-order chi connectivity index (χ0) is 11.1. The molecule has 0 aliphatic rings. The van der Waals surface area contributed by atoms with E-state index in [-0.39, 0.29) is 17.6 Å². The number of Topliss-reactive ketones (excluding diaryl/α,β-unsaturated/α-hetero) is 1. The Morgan fingerprint density at radius 2 is 1.64 bits per heavy atom. The predicted octanol–water partition coefficient (Wildman–Crippen LogP) is 2.79. The highest BCUT2D eigenvalue weighted by atomic mass is 16.3. The quantitative estimate of drug-likeness (QED) is 0.686. The van der Waals surface area contributed by atoms with E-state index in [9.17, 15) is 9.90 Å². The van der Waals surface area contributed by atoms with E-state index in [4.69, 9.17) is 0 Å². The maximum atomic E-state index is 11.7. The van der Waals surface area contributed by atoms with Gasteiger partial charge in [0.2, 0.25) is 0 Å². The summed E-state index contributed by atoms with van der Waals surface area (Å²) in [5.41, 5.74) is 0. The number of hydrogen-bond donors (Lipinski definition) is 1. The van der Waals surface area contributed by atoms with Gasteiger partial charge in [0.25, 0.3) is 0 Å². The zero-order valence-electron chi connectivity index (χ0n) is 9.92. The Hall–Kier alpha value is -0.370. The number of carbonyl (C=O) groups excluding carboxylic acids is 1. The zero-order valence-corrected chi connectivity index (χ0v) is 9.92. The first-order chi connectivity index (χ1) is 6.54. The molecule has 0 spiro atoms. The third-order valence-electron chi connectivity index (χ3n) is 2.78. The van der Waals surface area contributed by atoms with Crippen molar-refractivity contribution < 1.29 is 9.90 Å². The van der Waals surface area contributed by atoms with Crippen LogP contribution in [0, 0.1) is 11.8 Å². The van der Waals surface area contributed by atoms with Gasteiger partial charge in [-0.1, -0.05) is 40.5 Å². The Bertz CT molecular complexity index is 166. The van der Waals surface area contributed by atoms with Gasteiger partial charge in [-0.2, -0.15) is 0 Å². The van der Waals surface area contributed by atoms with Crippen LogP contribution in [0.4, 0.5) is 0 Å².